The number of amides is 1. The summed E-state index contributed by atoms with van der Waals surface area (Å²) in [4.78, 5) is 29.5. The minimum atomic E-state index is -0.0591. The third kappa shape index (κ3) is 7.98. The van der Waals surface area contributed by atoms with E-state index in [1.807, 2.05) is 0 Å². The number of aromatic hydroxyl groups is 1. The number of halogens is 2. The van der Waals surface area contributed by atoms with Crippen molar-refractivity contribution in [2.75, 3.05) is 58.3 Å². The highest BCUT2D eigenvalue weighted by molar-refractivity contribution is 6.36. The normalized spacial score (nSPS) is 16.7. The highest BCUT2D eigenvalue weighted by atomic mass is 35.5. The molecule has 3 aliphatic heterocycles. The van der Waals surface area contributed by atoms with E-state index in [9.17, 15) is 9.90 Å². The van der Waals surface area contributed by atoms with Gasteiger partial charge in [-0.2, -0.15) is 15.2 Å². The van der Waals surface area contributed by atoms with Gasteiger partial charge in [0.05, 0.1) is 23.9 Å². The molecule has 0 aliphatic carbocycles. The molecule has 4 heterocycles. The molecule has 1 amide bonds. The summed E-state index contributed by atoms with van der Waals surface area (Å²) in [5, 5.41) is 18.0. The van der Waals surface area contributed by atoms with Gasteiger partial charge < -0.3 is 24.5 Å². The third-order valence-electron chi connectivity index (χ3n) is 6.93. The SMILES string of the molecule is C=CC(=O)N1CCN(c2nc(OC)nc3c2CN(Cc2c(Cl)ccc(O)c2Cl)C3)CC1.CC#N.CN1CCCC1. The van der Waals surface area contributed by atoms with Gasteiger partial charge in [-0.05, 0) is 51.2 Å². The number of nitriles is 1. The summed E-state index contributed by atoms with van der Waals surface area (Å²) in [7, 11) is 3.72. The summed E-state index contributed by atoms with van der Waals surface area (Å²) >= 11 is 12.6. The van der Waals surface area contributed by atoms with E-state index < -0.39 is 0 Å². The van der Waals surface area contributed by atoms with Crippen LogP contribution in [0.25, 0.3) is 0 Å². The first-order valence-corrected chi connectivity index (χ1v) is 14.0. The second-order valence-electron chi connectivity index (χ2n) is 9.71. The van der Waals surface area contributed by atoms with Gasteiger partial charge in [-0.25, -0.2) is 0 Å². The molecule has 10 nitrogen and oxygen atoms in total. The fourth-order valence-electron chi connectivity index (χ4n) is 4.84. The summed E-state index contributed by atoms with van der Waals surface area (Å²) < 4.78 is 5.33. The zero-order chi connectivity index (χ0) is 29.2. The lowest BCUT2D eigenvalue weighted by Gasteiger charge is -2.35. The van der Waals surface area contributed by atoms with E-state index >= 15 is 0 Å². The number of ether oxygens (including phenoxy) is 1. The third-order valence-corrected chi connectivity index (χ3v) is 7.71. The van der Waals surface area contributed by atoms with Crippen molar-refractivity contribution in [3.8, 4) is 17.8 Å². The van der Waals surface area contributed by atoms with Crippen molar-refractivity contribution < 1.29 is 14.6 Å². The molecule has 2 aromatic rings. The first-order chi connectivity index (χ1) is 19.2. The first-order valence-electron chi connectivity index (χ1n) is 13.2. The van der Waals surface area contributed by atoms with Crippen molar-refractivity contribution >= 4 is 34.9 Å². The van der Waals surface area contributed by atoms with Gasteiger partial charge in [-0.1, -0.05) is 29.8 Å². The molecule has 0 atom stereocenters. The summed E-state index contributed by atoms with van der Waals surface area (Å²) in [6.07, 6.45) is 4.17. The largest absolute Gasteiger partial charge is 0.506 e. The van der Waals surface area contributed by atoms with Crippen LogP contribution in [0.5, 0.6) is 11.8 Å². The van der Waals surface area contributed by atoms with E-state index in [-0.39, 0.29) is 16.7 Å². The number of phenols is 1. The number of methoxy groups -OCH3 is 1. The van der Waals surface area contributed by atoms with Gasteiger partial charge in [0.1, 0.15) is 11.6 Å². The number of nitrogens with zero attached hydrogens (tertiary/aromatic N) is 7. The molecule has 216 valence electrons. The fraction of sp³-hybridized carbons (Fsp3) is 0.500. The molecule has 3 aliphatic rings. The summed E-state index contributed by atoms with van der Waals surface area (Å²) in [6, 6.07) is 5.19. The van der Waals surface area contributed by atoms with Crippen LogP contribution in [0.4, 0.5) is 5.82 Å². The van der Waals surface area contributed by atoms with Gasteiger partial charge >= 0.3 is 6.01 Å². The smallest absolute Gasteiger partial charge is 0.318 e. The standard InChI is InChI=1S/C21H23Cl2N5O3.C5H11N.C2H3N/c1-3-18(30)27-6-8-28(9-7-27)20-14-11-26(12-16(14)24-21(25-20)31-2)10-13-15(22)4-5-17(29)19(13)23;1-6-4-2-3-5-6;1-2-3/h3-5,29H,1,6-12H2,2H3;2-5H2,1H3;1H3. The first kappa shape index (κ1) is 31.4. The Balaban J connectivity index is 0.000000421. The molecule has 1 N–H and O–H groups in total. The second kappa shape index (κ2) is 15.1. The van der Waals surface area contributed by atoms with Crippen LogP contribution in [-0.2, 0) is 24.4 Å². The number of anilines is 1. The quantitative estimate of drug-likeness (QED) is 0.515. The second-order valence-corrected chi connectivity index (χ2v) is 10.5. The maximum absolute atomic E-state index is 11.9. The Kier molecular flexibility index (Phi) is 11.8. The van der Waals surface area contributed by atoms with Crippen LogP contribution in [0.1, 0.15) is 36.6 Å². The molecule has 2 saturated heterocycles. The molecule has 2 fully saturated rings. The number of hydrogen-bond acceptors (Lipinski definition) is 9. The lowest BCUT2D eigenvalue weighted by atomic mass is 10.2. The van der Waals surface area contributed by atoms with Gasteiger partial charge in [0.2, 0.25) is 5.91 Å². The molecule has 0 spiro atoms. The van der Waals surface area contributed by atoms with E-state index in [1.54, 1.807) is 24.1 Å². The van der Waals surface area contributed by atoms with Crippen LogP contribution in [-0.4, -0.2) is 89.1 Å². The van der Waals surface area contributed by atoms with Gasteiger partial charge in [0.15, 0.2) is 0 Å². The monoisotopic (exact) mass is 589 g/mol. The highest BCUT2D eigenvalue weighted by Crippen LogP contribution is 2.37. The van der Waals surface area contributed by atoms with Gasteiger partial charge in [0.25, 0.3) is 0 Å². The van der Waals surface area contributed by atoms with Crippen molar-refractivity contribution in [3.05, 3.63) is 51.7 Å². The van der Waals surface area contributed by atoms with E-state index in [2.05, 4.69) is 38.3 Å². The van der Waals surface area contributed by atoms with Crippen LogP contribution >= 0.6 is 23.2 Å². The minimum absolute atomic E-state index is 0.00636. The lowest BCUT2D eigenvalue weighted by Crippen LogP contribution is -2.48. The average Bonchev–Trinajstić information content (AvgIpc) is 3.61. The highest BCUT2D eigenvalue weighted by Gasteiger charge is 2.31. The fourth-order valence-corrected chi connectivity index (χ4v) is 5.33. The molecule has 0 bridgehead atoms. The van der Waals surface area contributed by atoms with Gasteiger partial charge in [-0.15, -0.1) is 0 Å². The Morgan fingerprint density at radius 1 is 1.15 bits per heavy atom. The number of rotatable bonds is 5. The van der Waals surface area contributed by atoms with Crippen LogP contribution in [0, 0.1) is 11.3 Å². The Bertz CT molecular complexity index is 1220. The molecular formula is C28H37Cl2N7O3. The number of fused-ring (bicyclic) bond motifs is 1. The van der Waals surface area contributed by atoms with Crippen LogP contribution in [0.2, 0.25) is 10.0 Å². The molecule has 12 heteroatoms. The Morgan fingerprint density at radius 3 is 2.35 bits per heavy atom. The molecular weight excluding hydrogens is 553 g/mol. The predicted octanol–water partition coefficient (Wildman–Crippen LogP) is 4.09. The maximum atomic E-state index is 11.9. The minimum Gasteiger partial charge on any atom is -0.506 e. The number of carbonyl (C=O) groups is 1. The number of carbonyl (C=O) groups excluding carboxylic acids is 1. The van der Waals surface area contributed by atoms with Crippen LogP contribution in [0.3, 0.4) is 0 Å². The van der Waals surface area contributed by atoms with Crippen LogP contribution in [0.15, 0.2) is 24.8 Å². The average molecular weight is 591 g/mol. The Hall–Kier alpha value is -3.10. The number of likely N-dealkylation sites (tertiary alicyclic amines) is 1. The zero-order valence-corrected chi connectivity index (χ0v) is 24.9. The van der Waals surface area contributed by atoms with Gasteiger partial charge in [0, 0.05) is 68.9 Å². The predicted molar refractivity (Wildman–Crippen MR) is 157 cm³/mol. The Morgan fingerprint density at radius 2 is 1.80 bits per heavy atom. The zero-order valence-electron chi connectivity index (χ0n) is 23.4. The molecule has 1 aromatic heterocycles. The van der Waals surface area contributed by atoms with Crippen molar-refractivity contribution in [2.45, 2.75) is 39.4 Å². The van der Waals surface area contributed by atoms with E-state index in [4.69, 9.17) is 33.2 Å². The molecule has 5 rings (SSSR count). The van der Waals surface area contributed by atoms with E-state index in [1.165, 1.54) is 45.0 Å². The van der Waals surface area contributed by atoms with Crippen molar-refractivity contribution in [1.29, 1.82) is 5.26 Å². The van der Waals surface area contributed by atoms with Crippen molar-refractivity contribution in [1.82, 2.24) is 24.7 Å². The lowest BCUT2D eigenvalue weighted by molar-refractivity contribution is -0.126. The number of piperazine rings is 1. The molecule has 0 radical (unpaired) electrons. The maximum Gasteiger partial charge on any atom is 0.318 e. The summed E-state index contributed by atoms with van der Waals surface area (Å²) in [5.74, 6) is 0.770. The van der Waals surface area contributed by atoms with Crippen molar-refractivity contribution in [2.24, 2.45) is 0 Å². The van der Waals surface area contributed by atoms with E-state index in [0.717, 1.165) is 17.1 Å². The number of phenolic OH excluding ortho intramolecular Hbond substituents is 1. The molecule has 1 aromatic carbocycles. The van der Waals surface area contributed by atoms with Gasteiger partial charge in [-0.3, -0.25) is 9.69 Å². The molecule has 40 heavy (non-hydrogen) atoms. The summed E-state index contributed by atoms with van der Waals surface area (Å²) in [6.45, 7) is 11.8. The molecule has 0 unspecified atom stereocenters. The number of benzene rings is 1. The Labute approximate surface area is 246 Å². The van der Waals surface area contributed by atoms with Crippen LogP contribution < -0.4 is 9.64 Å². The summed E-state index contributed by atoms with van der Waals surface area (Å²) in [5.41, 5.74) is 2.59. The number of aromatic nitrogens is 2. The number of hydrogen-bond donors (Lipinski definition) is 1. The van der Waals surface area contributed by atoms with E-state index in [0.29, 0.717) is 62.4 Å². The molecule has 0 saturated carbocycles. The van der Waals surface area contributed by atoms with Crippen molar-refractivity contribution in [3.63, 3.8) is 0 Å². The topological polar surface area (TPSA) is 109 Å².